The Hall–Kier alpha value is -4.38. The molecule has 0 atom stereocenters. The molecule has 37 heavy (non-hydrogen) atoms. The summed E-state index contributed by atoms with van der Waals surface area (Å²) in [6, 6.07) is 13.2. The SMILES string of the molecule is Cc1cc(C)c(Oc2nc(-c3ccc(F)cc3F)ccc2C(=O)NS(=O)(=O)c2cccc(N)n2)c(C)c1. The standard InChI is InChI=1S/C26H22F2N4O4S/c1-14-11-15(2)24(16(3)12-14)36-26-19(9-10-21(30-26)18-8-7-17(27)13-20(18)28)25(33)32-37(34,35)23-6-4-5-22(29)31-23/h4-13H,1-3H3,(H2,29,31)(H,32,33). The van der Waals surface area contributed by atoms with E-state index in [1.165, 1.54) is 36.4 Å². The molecular formula is C26H22F2N4O4S. The van der Waals surface area contributed by atoms with Crippen molar-refractivity contribution in [2.24, 2.45) is 0 Å². The van der Waals surface area contributed by atoms with Crippen LogP contribution in [0, 0.1) is 32.4 Å². The second-order valence-corrected chi connectivity index (χ2v) is 9.97. The van der Waals surface area contributed by atoms with Gasteiger partial charge in [0.15, 0.2) is 5.03 Å². The van der Waals surface area contributed by atoms with Crippen molar-refractivity contribution in [2.75, 3.05) is 5.73 Å². The van der Waals surface area contributed by atoms with Gasteiger partial charge in [0.25, 0.3) is 15.9 Å². The fourth-order valence-corrected chi connectivity index (χ4v) is 4.71. The normalized spacial score (nSPS) is 11.3. The zero-order chi connectivity index (χ0) is 26.9. The molecule has 0 fully saturated rings. The second kappa shape index (κ2) is 9.94. The van der Waals surface area contributed by atoms with Crippen LogP contribution in [0.2, 0.25) is 0 Å². The number of halogens is 2. The molecule has 11 heteroatoms. The van der Waals surface area contributed by atoms with Gasteiger partial charge in [0.05, 0.1) is 5.69 Å². The third-order valence-electron chi connectivity index (χ3n) is 5.36. The van der Waals surface area contributed by atoms with Crippen LogP contribution < -0.4 is 15.2 Å². The molecule has 1 amide bonds. The number of carbonyl (C=O) groups excluding carboxylic acids is 1. The van der Waals surface area contributed by atoms with Crippen molar-refractivity contribution in [3.63, 3.8) is 0 Å². The number of carbonyl (C=O) groups is 1. The number of sulfonamides is 1. The maximum atomic E-state index is 14.5. The zero-order valence-corrected chi connectivity index (χ0v) is 20.9. The van der Waals surface area contributed by atoms with E-state index in [9.17, 15) is 22.0 Å². The highest BCUT2D eigenvalue weighted by atomic mass is 32.2. The molecule has 2 aromatic carbocycles. The minimum Gasteiger partial charge on any atom is -0.438 e. The number of nitrogens with one attached hydrogen (secondary N) is 1. The summed E-state index contributed by atoms with van der Waals surface area (Å²) in [5.74, 6) is -2.61. The van der Waals surface area contributed by atoms with E-state index in [0.29, 0.717) is 11.8 Å². The number of benzene rings is 2. The van der Waals surface area contributed by atoms with Crippen LogP contribution in [0.1, 0.15) is 27.0 Å². The molecule has 0 unspecified atom stereocenters. The average molecular weight is 525 g/mol. The molecule has 0 bridgehead atoms. The monoisotopic (exact) mass is 524 g/mol. The van der Waals surface area contributed by atoms with E-state index in [-0.39, 0.29) is 28.5 Å². The van der Waals surface area contributed by atoms with Crippen LogP contribution >= 0.6 is 0 Å². The highest BCUT2D eigenvalue weighted by Crippen LogP contribution is 2.33. The van der Waals surface area contributed by atoms with E-state index < -0.39 is 32.6 Å². The van der Waals surface area contributed by atoms with Gasteiger partial charge in [-0.25, -0.2) is 23.5 Å². The van der Waals surface area contributed by atoms with Crippen LogP contribution in [-0.2, 0) is 10.0 Å². The van der Waals surface area contributed by atoms with Crippen molar-refractivity contribution in [1.82, 2.24) is 14.7 Å². The number of rotatable bonds is 6. The largest absolute Gasteiger partial charge is 0.438 e. The Bertz CT molecular complexity index is 1620. The van der Waals surface area contributed by atoms with Gasteiger partial charge >= 0.3 is 0 Å². The van der Waals surface area contributed by atoms with Gasteiger partial charge in [0.2, 0.25) is 5.88 Å². The lowest BCUT2D eigenvalue weighted by atomic mass is 10.1. The van der Waals surface area contributed by atoms with Crippen LogP contribution in [0.25, 0.3) is 11.3 Å². The molecule has 3 N–H and O–H groups in total. The number of aromatic nitrogens is 2. The molecule has 4 rings (SSSR count). The number of anilines is 1. The van der Waals surface area contributed by atoms with Crippen LogP contribution in [0.4, 0.5) is 14.6 Å². The molecule has 2 heterocycles. The van der Waals surface area contributed by atoms with Gasteiger partial charge in [0.1, 0.15) is 28.8 Å². The van der Waals surface area contributed by atoms with Crippen molar-refractivity contribution in [3.05, 3.63) is 94.6 Å². The maximum Gasteiger partial charge on any atom is 0.281 e. The number of ether oxygens (including phenoxy) is 1. The maximum absolute atomic E-state index is 14.5. The third-order valence-corrected chi connectivity index (χ3v) is 6.60. The summed E-state index contributed by atoms with van der Waals surface area (Å²) in [4.78, 5) is 21.2. The molecule has 2 aromatic heterocycles. The Morgan fingerprint density at radius 1 is 0.946 bits per heavy atom. The predicted octanol–water partition coefficient (Wildman–Crippen LogP) is 4.84. The Labute approximate surface area is 212 Å². The quantitative estimate of drug-likeness (QED) is 0.370. The summed E-state index contributed by atoms with van der Waals surface area (Å²) in [7, 11) is -4.39. The Kier molecular flexibility index (Phi) is 6.90. The highest BCUT2D eigenvalue weighted by molar-refractivity contribution is 7.90. The Morgan fingerprint density at radius 3 is 2.30 bits per heavy atom. The molecule has 0 saturated carbocycles. The summed E-state index contributed by atoms with van der Waals surface area (Å²) >= 11 is 0. The summed E-state index contributed by atoms with van der Waals surface area (Å²) in [5, 5.41) is -0.452. The Balaban J connectivity index is 1.80. The van der Waals surface area contributed by atoms with Crippen LogP contribution in [0.15, 0.2) is 65.7 Å². The van der Waals surface area contributed by atoms with Crippen LogP contribution in [0.3, 0.4) is 0 Å². The number of nitrogens with zero attached hydrogens (tertiary/aromatic N) is 2. The van der Waals surface area contributed by atoms with Crippen LogP contribution in [-0.4, -0.2) is 24.3 Å². The van der Waals surface area contributed by atoms with Gasteiger partial charge < -0.3 is 10.5 Å². The highest BCUT2D eigenvalue weighted by Gasteiger charge is 2.25. The van der Waals surface area contributed by atoms with Gasteiger partial charge in [-0.15, -0.1) is 0 Å². The number of nitrogens with two attached hydrogens (primary N) is 1. The summed E-state index contributed by atoms with van der Waals surface area (Å²) in [6.45, 7) is 5.51. The molecule has 0 spiro atoms. The molecule has 4 aromatic rings. The number of aryl methyl sites for hydroxylation is 3. The summed E-state index contributed by atoms with van der Waals surface area (Å²) < 4.78 is 61.4. The van der Waals surface area contributed by atoms with E-state index in [0.717, 1.165) is 22.8 Å². The van der Waals surface area contributed by atoms with Crippen molar-refractivity contribution < 1.29 is 26.7 Å². The van der Waals surface area contributed by atoms with E-state index >= 15 is 0 Å². The first kappa shape index (κ1) is 25.7. The number of amides is 1. The lowest BCUT2D eigenvalue weighted by Crippen LogP contribution is -2.31. The van der Waals surface area contributed by atoms with Gasteiger partial charge in [-0.2, -0.15) is 8.42 Å². The summed E-state index contributed by atoms with van der Waals surface area (Å²) in [6.07, 6.45) is 0. The second-order valence-electron chi connectivity index (χ2n) is 8.34. The van der Waals surface area contributed by atoms with Crippen LogP contribution in [0.5, 0.6) is 11.6 Å². The van der Waals surface area contributed by atoms with Crippen molar-refractivity contribution in [2.45, 2.75) is 25.8 Å². The first-order chi connectivity index (χ1) is 17.4. The third kappa shape index (κ3) is 5.56. The fourth-order valence-electron chi connectivity index (χ4n) is 3.77. The smallest absolute Gasteiger partial charge is 0.281 e. The number of hydrogen-bond acceptors (Lipinski definition) is 7. The molecule has 0 aliphatic rings. The van der Waals surface area contributed by atoms with Gasteiger partial charge in [0, 0.05) is 11.6 Å². The van der Waals surface area contributed by atoms with Crippen molar-refractivity contribution >= 4 is 21.7 Å². The number of nitrogen functional groups attached to an aromatic ring is 1. The lowest BCUT2D eigenvalue weighted by Gasteiger charge is -2.16. The molecule has 0 aliphatic heterocycles. The molecule has 0 aliphatic carbocycles. The van der Waals surface area contributed by atoms with E-state index in [1.54, 1.807) is 13.8 Å². The molecular weight excluding hydrogens is 502 g/mol. The minimum absolute atomic E-state index is 0.0351. The molecule has 0 radical (unpaired) electrons. The zero-order valence-electron chi connectivity index (χ0n) is 20.0. The molecule has 8 nitrogen and oxygen atoms in total. The molecule has 0 saturated heterocycles. The van der Waals surface area contributed by atoms with Crippen molar-refractivity contribution in [3.8, 4) is 22.9 Å². The van der Waals surface area contributed by atoms with E-state index in [2.05, 4.69) is 9.97 Å². The fraction of sp³-hybridized carbons (Fsp3) is 0.115. The van der Waals surface area contributed by atoms with Gasteiger partial charge in [-0.3, -0.25) is 4.79 Å². The van der Waals surface area contributed by atoms with E-state index in [1.807, 2.05) is 23.8 Å². The number of hydrogen-bond donors (Lipinski definition) is 2. The average Bonchev–Trinajstić information content (AvgIpc) is 2.81. The predicted molar refractivity (Wildman–Crippen MR) is 134 cm³/mol. The van der Waals surface area contributed by atoms with Crippen molar-refractivity contribution in [1.29, 1.82) is 0 Å². The van der Waals surface area contributed by atoms with Gasteiger partial charge in [-0.1, -0.05) is 23.8 Å². The summed E-state index contributed by atoms with van der Waals surface area (Å²) in [5.41, 5.74) is 7.80. The first-order valence-electron chi connectivity index (χ1n) is 11.0. The Morgan fingerprint density at radius 2 is 1.65 bits per heavy atom. The van der Waals surface area contributed by atoms with Gasteiger partial charge in [-0.05, 0) is 68.3 Å². The first-order valence-corrected chi connectivity index (χ1v) is 12.4. The number of pyridine rings is 2. The topological polar surface area (TPSA) is 124 Å². The minimum atomic E-state index is -4.39. The van der Waals surface area contributed by atoms with E-state index in [4.69, 9.17) is 10.5 Å². The lowest BCUT2D eigenvalue weighted by molar-refractivity contribution is 0.0978. The molecule has 190 valence electrons.